The highest BCUT2D eigenvalue weighted by molar-refractivity contribution is 8.00. The molecule has 1 atom stereocenters. The van der Waals surface area contributed by atoms with Crippen LogP contribution in [0.2, 0.25) is 0 Å². The smallest absolute Gasteiger partial charge is 0.338 e. The summed E-state index contributed by atoms with van der Waals surface area (Å²) in [5.74, 6) is -0.321. The van der Waals surface area contributed by atoms with Crippen LogP contribution in [0.15, 0.2) is 35.0 Å². The first-order valence-electron chi connectivity index (χ1n) is 10.8. The van der Waals surface area contributed by atoms with Gasteiger partial charge in [0, 0.05) is 13.1 Å². The van der Waals surface area contributed by atoms with Crippen LogP contribution in [0.25, 0.3) is 11.0 Å². The average Bonchev–Trinajstić information content (AvgIpc) is 3.10. The lowest BCUT2D eigenvalue weighted by atomic mass is 9.97. The lowest BCUT2D eigenvalue weighted by Crippen LogP contribution is -2.32. The molecule has 30 heavy (non-hydrogen) atoms. The first kappa shape index (κ1) is 22.4. The summed E-state index contributed by atoms with van der Waals surface area (Å²) >= 11 is 1.45. The van der Waals surface area contributed by atoms with Crippen LogP contribution in [0, 0.1) is 0 Å². The number of thioether (sulfide) groups is 1. The van der Waals surface area contributed by atoms with Crippen molar-refractivity contribution < 1.29 is 14.3 Å². The molecule has 0 bridgehead atoms. The molecule has 1 heterocycles. The van der Waals surface area contributed by atoms with Crippen molar-refractivity contribution in [1.82, 2.24) is 14.9 Å². The Morgan fingerprint density at radius 2 is 2.13 bits per heavy atom. The van der Waals surface area contributed by atoms with Gasteiger partial charge in [-0.2, -0.15) is 0 Å². The molecule has 0 fully saturated rings. The number of hydrogen-bond donors (Lipinski definition) is 1. The maximum atomic E-state index is 12.6. The molecule has 0 aliphatic heterocycles. The molecule has 0 saturated carbocycles. The van der Waals surface area contributed by atoms with Crippen LogP contribution in [0.4, 0.5) is 0 Å². The quantitative estimate of drug-likeness (QED) is 0.355. The van der Waals surface area contributed by atoms with E-state index in [9.17, 15) is 9.59 Å². The molecule has 0 saturated heterocycles. The highest BCUT2D eigenvalue weighted by Gasteiger charge is 2.20. The molecule has 1 N–H and O–H groups in total. The monoisotopic (exact) mass is 429 g/mol. The summed E-state index contributed by atoms with van der Waals surface area (Å²) in [7, 11) is 0. The second kappa shape index (κ2) is 10.7. The number of fused-ring (bicyclic) bond motifs is 1. The third kappa shape index (κ3) is 5.45. The number of amides is 1. The number of rotatable bonds is 9. The Kier molecular flexibility index (Phi) is 7.96. The number of aryl methyl sites for hydroxylation is 1. The molecule has 3 rings (SSSR count). The van der Waals surface area contributed by atoms with E-state index in [4.69, 9.17) is 9.72 Å². The minimum atomic E-state index is -0.347. The Hall–Kier alpha value is -2.28. The standard InChI is InChI=1S/C23H31N3O3S/c1-4-26-20-12-11-18(22(28)29-5-2)15-19(20)25-23(26)30-16(3)21(27)24-14-13-17-9-7-6-8-10-17/h9,11-12,15-16H,4-8,10,13-14H2,1-3H3,(H,24,27)/t16-/m0/s1. The van der Waals surface area contributed by atoms with Crippen molar-refractivity contribution in [2.24, 2.45) is 0 Å². The Bertz CT molecular complexity index is 935. The lowest BCUT2D eigenvalue weighted by molar-refractivity contribution is -0.120. The van der Waals surface area contributed by atoms with Crippen molar-refractivity contribution >= 4 is 34.7 Å². The molecule has 1 aliphatic carbocycles. The summed E-state index contributed by atoms with van der Waals surface area (Å²) in [6.07, 6.45) is 8.13. The molecule has 1 amide bonds. The van der Waals surface area contributed by atoms with Gasteiger partial charge in [-0.3, -0.25) is 4.79 Å². The predicted octanol–water partition coefficient (Wildman–Crippen LogP) is 4.72. The molecule has 0 spiro atoms. The zero-order chi connectivity index (χ0) is 21.5. The number of nitrogens with zero attached hydrogens (tertiary/aromatic N) is 2. The van der Waals surface area contributed by atoms with E-state index in [1.54, 1.807) is 19.1 Å². The Balaban J connectivity index is 1.65. The Morgan fingerprint density at radius 3 is 2.83 bits per heavy atom. The molecule has 1 aromatic carbocycles. The predicted molar refractivity (Wildman–Crippen MR) is 121 cm³/mol. The molecular weight excluding hydrogens is 398 g/mol. The van der Waals surface area contributed by atoms with E-state index in [2.05, 4.69) is 16.0 Å². The number of aromatic nitrogens is 2. The summed E-state index contributed by atoms with van der Waals surface area (Å²) < 4.78 is 7.16. The number of carbonyl (C=O) groups excluding carboxylic acids is 2. The van der Waals surface area contributed by atoms with Gasteiger partial charge in [-0.25, -0.2) is 9.78 Å². The van der Waals surface area contributed by atoms with Crippen LogP contribution in [0.5, 0.6) is 0 Å². The van der Waals surface area contributed by atoms with Gasteiger partial charge >= 0.3 is 5.97 Å². The van der Waals surface area contributed by atoms with E-state index in [-0.39, 0.29) is 17.1 Å². The first-order chi connectivity index (χ1) is 14.5. The minimum Gasteiger partial charge on any atom is -0.462 e. The molecule has 0 radical (unpaired) electrons. The van der Waals surface area contributed by atoms with Crippen molar-refractivity contribution in [2.75, 3.05) is 13.2 Å². The third-order valence-electron chi connectivity index (χ3n) is 5.32. The van der Waals surface area contributed by atoms with Gasteiger partial charge in [0.1, 0.15) is 0 Å². The maximum absolute atomic E-state index is 12.6. The second-order valence-corrected chi connectivity index (χ2v) is 8.78. The normalized spacial score (nSPS) is 15.0. The highest BCUT2D eigenvalue weighted by atomic mass is 32.2. The summed E-state index contributed by atoms with van der Waals surface area (Å²) in [5.41, 5.74) is 3.64. The van der Waals surface area contributed by atoms with Crippen LogP contribution in [0.3, 0.4) is 0 Å². The highest BCUT2D eigenvalue weighted by Crippen LogP contribution is 2.28. The molecule has 6 nitrogen and oxygen atoms in total. The fourth-order valence-electron chi connectivity index (χ4n) is 3.68. The fraction of sp³-hybridized carbons (Fsp3) is 0.522. The van der Waals surface area contributed by atoms with E-state index in [0.717, 1.165) is 35.6 Å². The summed E-state index contributed by atoms with van der Waals surface area (Å²) in [5, 5.41) is 3.59. The number of benzene rings is 1. The Morgan fingerprint density at radius 1 is 1.30 bits per heavy atom. The van der Waals surface area contributed by atoms with Crippen molar-refractivity contribution in [3.8, 4) is 0 Å². The van der Waals surface area contributed by atoms with Gasteiger partial charge in [-0.15, -0.1) is 0 Å². The van der Waals surface area contributed by atoms with E-state index >= 15 is 0 Å². The SMILES string of the molecule is CCOC(=O)c1ccc2c(c1)nc(S[C@@H](C)C(=O)NCCC1=CCCCC1)n2CC. The van der Waals surface area contributed by atoms with Crippen molar-refractivity contribution in [3.63, 3.8) is 0 Å². The molecule has 162 valence electrons. The van der Waals surface area contributed by atoms with Gasteiger partial charge in [0.15, 0.2) is 5.16 Å². The molecule has 0 unspecified atom stereocenters. The zero-order valence-corrected chi connectivity index (χ0v) is 18.9. The number of nitrogens with one attached hydrogen (secondary N) is 1. The summed E-state index contributed by atoms with van der Waals surface area (Å²) in [4.78, 5) is 29.3. The van der Waals surface area contributed by atoms with Gasteiger partial charge in [0.25, 0.3) is 0 Å². The number of imidazole rings is 1. The van der Waals surface area contributed by atoms with Gasteiger partial charge in [-0.05, 0) is 71.1 Å². The van der Waals surface area contributed by atoms with Crippen LogP contribution >= 0.6 is 11.8 Å². The van der Waals surface area contributed by atoms with E-state index in [1.807, 2.05) is 19.9 Å². The summed E-state index contributed by atoms with van der Waals surface area (Å²) in [6, 6.07) is 5.41. The molecule has 7 heteroatoms. The van der Waals surface area contributed by atoms with Crippen molar-refractivity contribution in [2.45, 2.75) is 69.8 Å². The molecule has 2 aromatic rings. The van der Waals surface area contributed by atoms with Gasteiger partial charge in [0.05, 0.1) is 28.5 Å². The second-order valence-electron chi connectivity index (χ2n) is 7.47. The maximum Gasteiger partial charge on any atom is 0.338 e. The van der Waals surface area contributed by atoms with Gasteiger partial charge in [-0.1, -0.05) is 23.4 Å². The number of allylic oxidation sites excluding steroid dienone is 1. The van der Waals surface area contributed by atoms with Crippen LogP contribution in [-0.2, 0) is 16.1 Å². The zero-order valence-electron chi connectivity index (χ0n) is 18.1. The van der Waals surface area contributed by atoms with Gasteiger partial charge in [0.2, 0.25) is 5.91 Å². The fourth-order valence-corrected chi connectivity index (χ4v) is 4.69. The van der Waals surface area contributed by atoms with Crippen LogP contribution in [-0.4, -0.2) is 39.8 Å². The number of hydrogen-bond acceptors (Lipinski definition) is 5. The van der Waals surface area contributed by atoms with Crippen molar-refractivity contribution in [3.05, 3.63) is 35.4 Å². The number of carbonyl (C=O) groups is 2. The lowest BCUT2D eigenvalue weighted by Gasteiger charge is -2.15. The van der Waals surface area contributed by atoms with E-state index in [1.165, 1.54) is 36.6 Å². The Labute approximate surface area is 182 Å². The van der Waals surface area contributed by atoms with E-state index in [0.29, 0.717) is 18.7 Å². The van der Waals surface area contributed by atoms with Crippen LogP contribution < -0.4 is 5.32 Å². The van der Waals surface area contributed by atoms with Crippen molar-refractivity contribution in [1.29, 1.82) is 0 Å². The topological polar surface area (TPSA) is 73.2 Å². The molecular formula is C23H31N3O3S. The molecule has 1 aliphatic rings. The number of esters is 1. The average molecular weight is 430 g/mol. The molecule has 1 aromatic heterocycles. The van der Waals surface area contributed by atoms with E-state index < -0.39 is 0 Å². The minimum absolute atomic E-state index is 0.0262. The van der Waals surface area contributed by atoms with Gasteiger partial charge < -0.3 is 14.6 Å². The summed E-state index contributed by atoms with van der Waals surface area (Å²) in [6.45, 7) is 7.50. The number of ether oxygens (including phenoxy) is 1. The largest absolute Gasteiger partial charge is 0.462 e. The first-order valence-corrected chi connectivity index (χ1v) is 11.7. The van der Waals surface area contributed by atoms with Crippen LogP contribution in [0.1, 0.15) is 63.2 Å². The third-order valence-corrected chi connectivity index (χ3v) is 6.41.